The average molecular weight is 213 g/mol. The average Bonchev–Trinajstić information content (AvgIpc) is 1.59. The minimum absolute atomic E-state index is 0. The third-order valence-electron chi connectivity index (χ3n) is 0.281. The summed E-state index contributed by atoms with van der Waals surface area (Å²) in [6.45, 7) is -1.46. The summed E-state index contributed by atoms with van der Waals surface area (Å²) in [6.07, 6.45) is -4.38. The van der Waals surface area contributed by atoms with Gasteiger partial charge < -0.3 is 0 Å². The molecule has 0 unspecified atom stereocenters. The van der Waals surface area contributed by atoms with Crippen LogP contribution in [0.1, 0.15) is 0 Å². The van der Waals surface area contributed by atoms with Crippen LogP contribution < -0.4 is 0 Å². The summed E-state index contributed by atoms with van der Waals surface area (Å²) in [5.41, 5.74) is 0. The summed E-state index contributed by atoms with van der Waals surface area (Å²) < 4.78 is 45.6. The summed E-state index contributed by atoms with van der Waals surface area (Å²) in [7, 11) is 0. The second-order valence-corrected chi connectivity index (χ2v) is 1.37. The molecule has 0 saturated heterocycles. The first-order chi connectivity index (χ1) is 3.56. The number of rotatable bonds is 2. The monoisotopic (exact) mass is 212 g/mol. The molecule has 0 aliphatic carbocycles. The second kappa shape index (κ2) is 5.32. The van der Waals surface area contributed by atoms with Gasteiger partial charge in [0, 0.05) is 19.5 Å². The summed E-state index contributed by atoms with van der Waals surface area (Å²) in [5.74, 6) is 0. The molecule has 52 valence electrons. The standard InChI is InChI=1S/C2H3F3O2S.Zn/c3-2(4,5)1-7-8-6;/h8H,1H2;. The number of thiol groups is 1. The van der Waals surface area contributed by atoms with Crippen molar-refractivity contribution in [1.82, 2.24) is 0 Å². The Bertz CT molecular complexity index is 84.4. The molecule has 0 spiro atoms. The molecule has 0 aromatic heterocycles. The van der Waals surface area contributed by atoms with Crippen LogP contribution in [0.5, 0.6) is 0 Å². The Hall–Kier alpha value is 0.523. The Morgan fingerprint density at radius 3 is 2.00 bits per heavy atom. The summed E-state index contributed by atoms with van der Waals surface area (Å²) in [6, 6.07) is 0. The van der Waals surface area contributed by atoms with E-state index in [-0.39, 0.29) is 19.5 Å². The van der Waals surface area contributed by atoms with E-state index in [4.69, 9.17) is 0 Å². The van der Waals surface area contributed by atoms with Gasteiger partial charge in [-0.3, -0.25) is 4.18 Å². The normalized spacial score (nSPS) is 10.6. The molecule has 0 amide bonds. The minimum atomic E-state index is -4.38. The molecule has 0 radical (unpaired) electrons. The maximum absolute atomic E-state index is 11.0. The third kappa shape index (κ3) is 11.9. The van der Waals surface area contributed by atoms with E-state index in [2.05, 4.69) is 4.18 Å². The molecule has 0 heterocycles. The zero-order valence-corrected chi connectivity index (χ0v) is 8.17. The smallest absolute Gasteiger partial charge is 0.283 e. The van der Waals surface area contributed by atoms with E-state index in [0.29, 0.717) is 0 Å². The fourth-order valence-corrected chi connectivity index (χ4v) is 0.299. The first-order valence-corrected chi connectivity index (χ1v) is 2.30. The van der Waals surface area contributed by atoms with E-state index >= 15 is 0 Å². The van der Waals surface area contributed by atoms with Crippen LogP contribution in [0.25, 0.3) is 0 Å². The predicted octanol–water partition coefficient (Wildman–Crippen LogP) is 0.423. The van der Waals surface area contributed by atoms with E-state index in [1.807, 2.05) is 0 Å². The van der Waals surface area contributed by atoms with Crippen LogP contribution in [0.3, 0.4) is 0 Å². The van der Waals surface area contributed by atoms with E-state index in [1.165, 1.54) is 0 Å². The maximum atomic E-state index is 11.0. The van der Waals surface area contributed by atoms with Crippen LogP contribution in [0.15, 0.2) is 0 Å². The molecule has 2 nitrogen and oxygen atoms in total. The Balaban J connectivity index is 0. The summed E-state index contributed by atoms with van der Waals surface area (Å²) in [5, 5.41) is 0. The zero-order valence-electron chi connectivity index (χ0n) is 4.31. The quantitative estimate of drug-likeness (QED) is 0.532. The van der Waals surface area contributed by atoms with Gasteiger partial charge >= 0.3 is 6.18 Å². The van der Waals surface area contributed by atoms with Gasteiger partial charge in [0.2, 0.25) is 0 Å². The van der Waals surface area contributed by atoms with E-state index < -0.39 is 24.7 Å². The van der Waals surface area contributed by atoms with Gasteiger partial charge in [0.25, 0.3) is 0 Å². The van der Waals surface area contributed by atoms with Crippen molar-refractivity contribution < 1.29 is 41.0 Å². The van der Waals surface area contributed by atoms with Crippen molar-refractivity contribution in [3.8, 4) is 0 Å². The summed E-state index contributed by atoms with van der Waals surface area (Å²) >= 11 is -0.940. The maximum Gasteiger partial charge on any atom is 0.413 e. The van der Waals surface area contributed by atoms with Gasteiger partial charge in [-0.15, -0.1) is 0 Å². The van der Waals surface area contributed by atoms with Gasteiger partial charge in [-0.25, -0.2) is 4.21 Å². The summed E-state index contributed by atoms with van der Waals surface area (Å²) in [4.78, 5) is 0. The number of hydrogen-bond donors (Lipinski definition) is 1. The molecule has 0 aliphatic rings. The predicted molar refractivity (Wildman–Crippen MR) is 21.5 cm³/mol. The molecule has 9 heavy (non-hydrogen) atoms. The Morgan fingerprint density at radius 2 is 1.89 bits per heavy atom. The van der Waals surface area contributed by atoms with Gasteiger partial charge in [0.1, 0.15) is 11.9 Å². The topological polar surface area (TPSA) is 26.3 Å². The fraction of sp³-hybridized carbons (Fsp3) is 1.00. The van der Waals surface area contributed by atoms with Crippen molar-refractivity contribution in [3.05, 3.63) is 0 Å². The number of alkyl halides is 3. The molecule has 7 heteroatoms. The van der Waals surface area contributed by atoms with Crippen molar-refractivity contribution >= 4 is 11.9 Å². The molecular weight excluding hydrogens is 210 g/mol. The van der Waals surface area contributed by atoms with Crippen molar-refractivity contribution in [1.29, 1.82) is 0 Å². The van der Waals surface area contributed by atoms with Crippen molar-refractivity contribution in [2.24, 2.45) is 0 Å². The second-order valence-electron chi connectivity index (χ2n) is 0.963. The van der Waals surface area contributed by atoms with Crippen LogP contribution in [0.4, 0.5) is 13.2 Å². The van der Waals surface area contributed by atoms with Crippen molar-refractivity contribution in [2.45, 2.75) is 6.18 Å². The van der Waals surface area contributed by atoms with Crippen LogP contribution in [0, 0.1) is 0 Å². The van der Waals surface area contributed by atoms with Crippen molar-refractivity contribution in [2.75, 3.05) is 6.61 Å². The number of halogens is 3. The zero-order chi connectivity index (χ0) is 6.62. The SMILES string of the molecule is O=[SH]OCC(F)(F)F.[Zn]. The van der Waals surface area contributed by atoms with Crippen LogP contribution >= 0.6 is 0 Å². The first-order valence-electron chi connectivity index (χ1n) is 1.57. The van der Waals surface area contributed by atoms with Crippen LogP contribution in [-0.2, 0) is 35.6 Å². The molecule has 0 bridgehead atoms. The Labute approximate surface area is 66.2 Å². The van der Waals surface area contributed by atoms with Gasteiger partial charge in [-0.05, 0) is 0 Å². The fourth-order valence-electron chi connectivity index (χ4n) is 0.0995. The molecule has 0 N–H and O–H groups in total. The minimum Gasteiger partial charge on any atom is -0.283 e. The Morgan fingerprint density at radius 1 is 1.44 bits per heavy atom. The number of hydrogen-bond acceptors (Lipinski definition) is 2. The van der Waals surface area contributed by atoms with E-state index in [9.17, 15) is 17.4 Å². The van der Waals surface area contributed by atoms with E-state index in [0.717, 1.165) is 0 Å². The first kappa shape index (κ1) is 12.2. The molecule has 0 aromatic rings. The van der Waals surface area contributed by atoms with Gasteiger partial charge in [0.15, 0.2) is 6.61 Å². The molecule has 0 fully saturated rings. The van der Waals surface area contributed by atoms with Gasteiger partial charge in [0.05, 0.1) is 0 Å². The van der Waals surface area contributed by atoms with Gasteiger partial charge in [-0.2, -0.15) is 13.2 Å². The van der Waals surface area contributed by atoms with Crippen LogP contribution in [0.2, 0.25) is 0 Å². The molecule has 0 aliphatic heterocycles. The third-order valence-corrected chi connectivity index (χ3v) is 0.515. The molecule has 0 saturated carbocycles. The molecule has 0 aromatic carbocycles. The Kier molecular flexibility index (Phi) is 7.22. The molecule has 0 atom stereocenters. The van der Waals surface area contributed by atoms with Crippen molar-refractivity contribution in [3.63, 3.8) is 0 Å². The van der Waals surface area contributed by atoms with Gasteiger partial charge in [-0.1, -0.05) is 0 Å². The van der Waals surface area contributed by atoms with E-state index in [1.54, 1.807) is 0 Å². The largest absolute Gasteiger partial charge is 0.413 e. The molecule has 0 rings (SSSR count). The molecular formula is C2H3F3O2SZn. The van der Waals surface area contributed by atoms with Crippen LogP contribution in [-0.4, -0.2) is 17.0 Å².